The van der Waals surface area contributed by atoms with Gasteiger partial charge in [-0.1, -0.05) is 31.2 Å². The highest BCUT2D eigenvalue weighted by atomic mass is 16.1. The van der Waals surface area contributed by atoms with Crippen molar-refractivity contribution >= 4 is 6.29 Å². The normalized spacial score (nSPS) is 29.2. The Bertz CT molecular complexity index is 380. The summed E-state index contributed by atoms with van der Waals surface area (Å²) >= 11 is 0. The highest BCUT2D eigenvalue weighted by Gasteiger charge is 2.35. The van der Waals surface area contributed by atoms with E-state index >= 15 is 0 Å². The van der Waals surface area contributed by atoms with Gasteiger partial charge in [-0.3, -0.25) is 0 Å². The average Bonchev–Trinajstić information content (AvgIpc) is 2.70. The molecule has 1 aromatic rings. The van der Waals surface area contributed by atoms with Crippen molar-refractivity contribution in [1.82, 2.24) is 10.9 Å². The zero-order chi connectivity index (χ0) is 11.5. The molecule has 0 aliphatic carbocycles. The number of hydrogen-bond donors (Lipinski definition) is 3. The maximum atomic E-state index is 11.0. The standard InChI is InChI=1S/C12H17N3O/c1-2-8-5-3-4-6-9(8)11-10(7-16)14-15-12(11)13/h3-7,10-12,14-15H,2,13H2,1H3. The monoisotopic (exact) mass is 219 g/mol. The van der Waals surface area contributed by atoms with Crippen molar-refractivity contribution in [1.29, 1.82) is 0 Å². The number of nitrogens with one attached hydrogen (secondary N) is 2. The number of rotatable bonds is 3. The van der Waals surface area contributed by atoms with E-state index in [-0.39, 0.29) is 18.1 Å². The number of hydrogen-bond acceptors (Lipinski definition) is 4. The first-order valence-corrected chi connectivity index (χ1v) is 5.57. The highest BCUT2D eigenvalue weighted by molar-refractivity contribution is 5.61. The molecule has 1 aliphatic heterocycles. The van der Waals surface area contributed by atoms with E-state index < -0.39 is 0 Å². The van der Waals surface area contributed by atoms with E-state index in [2.05, 4.69) is 29.9 Å². The lowest BCUT2D eigenvalue weighted by Gasteiger charge is -2.20. The van der Waals surface area contributed by atoms with Gasteiger partial charge in [0, 0.05) is 5.92 Å². The fourth-order valence-corrected chi connectivity index (χ4v) is 2.28. The van der Waals surface area contributed by atoms with Crippen LogP contribution in [0.5, 0.6) is 0 Å². The summed E-state index contributed by atoms with van der Waals surface area (Å²) in [6, 6.07) is 7.89. The number of carbonyl (C=O) groups is 1. The first kappa shape index (κ1) is 11.3. The number of benzene rings is 1. The van der Waals surface area contributed by atoms with Crippen LogP contribution >= 0.6 is 0 Å². The number of aldehydes is 1. The fraction of sp³-hybridized carbons (Fsp3) is 0.417. The molecule has 1 heterocycles. The van der Waals surface area contributed by atoms with E-state index in [0.29, 0.717) is 0 Å². The van der Waals surface area contributed by atoms with Crippen LogP contribution in [-0.4, -0.2) is 18.5 Å². The number of aryl methyl sites for hydroxylation is 1. The lowest BCUT2D eigenvalue weighted by Crippen LogP contribution is -2.38. The summed E-state index contributed by atoms with van der Waals surface area (Å²) < 4.78 is 0. The van der Waals surface area contributed by atoms with E-state index in [1.165, 1.54) is 5.56 Å². The van der Waals surface area contributed by atoms with Crippen LogP contribution in [0.1, 0.15) is 24.0 Å². The molecule has 4 heteroatoms. The minimum absolute atomic E-state index is 0.00801. The van der Waals surface area contributed by atoms with Crippen molar-refractivity contribution in [2.24, 2.45) is 5.73 Å². The van der Waals surface area contributed by atoms with Gasteiger partial charge in [-0.05, 0) is 17.5 Å². The van der Waals surface area contributed by atoms with E-state index in [1.807, 2.05) is 12.1 Å². The van der Waals surface area contributed by atoms with Crippen molar-refractivity contribution in [2.75, 3.05) is 0 Å². The maximum Gasteiger partial charge on any atom is 0.138 e. The van der Waals surface area contributed by atoms with Crippen LogP contribution in [0.15, 0.2) is 24.3 Å². The molecule has 16 heavy (non-hydrogen) atoms. The lowest BCUT2D eigenvalue weighted by atomic mass is 9.87. The Labute approximate surface area is 95.2 Å². The summed E-state index contributed by atoms with van der Waals surface area (Å²) in [6.45, 7) is 2.11. The molecule has 3 atom stereocenters. The first-order chi connectivity index (χ1) is 7.77. The number of hydrazine groups is 1. The Morgan fingerprint density at radius 2 is 2.12 bits per heavy atom. The summed E-state index contributed by atoms with van der Waals surface area (Å²) in [5, 5.41) is 0. The molecule has 4 N–H and O–H groups in total. The second-order valence-corrected chi connectivity index (χ2v) is 4.05. The molecule has 4 nitrogen and oxygen atoms in total. The van der Waals surface area contributed by atoms with Gasteiger partial charge in [0.25, 0.3) is 0 Å². The summed E-state index contributed by atoms with van der Waals surface area (Å²) in [7, 11) is 0. The number of carbonyl (C=O) groups excluding carboxylic acids is 1. The summed E-state index contributed by atoms with van der Waals surface area (Å²) in [5.74, 6) is 0.00801. The summed E-state index contributed by atoms with van der Waals surface area (Å²) in [4.78, 5) is 11.0. The van der Waals surface area contributed by atoms with Crippen LogP contribution in [0.4, 0.5) is 0 Å². The quantitative estimate of drug-likeness (QED) is 0.639. The predicted octanol–water partition coefficient (Wildman–Crippen LogP) is 0.293. The topological polar surface area (TPSA) is 67.2 Å². The van der Waals surface area contributed by atoms with Gasteiger partial charge in [-0.2, -0.15) is 0 Å². The Hall–Kier alpha value is -1.23. The molecule has 1 aliphatic rings. The Morgan fingerprint density at radius 1 is 1.38 bits per heavy atom. The molecule has 86 valence electrons. The largest absolute Gasteiger partial charge is 0.314 e. The van der Waals surface area contributed by atoms with Crippen LogP contribution < -0.4 is 16.6 Å². The summed E-state index contributed by atoms with van der Waals surface area (Å²) in [6.07, 6.45) is 1.64. The van der Waals surface area contributed by atoms with Crippen LogP contribution in [0.3, 0.4) is 0 Å². The molecule has 1 aromatic carbocycles. The van der Waals surface area contributed by atoms with Gasteiger partial charge in [0.15, 0.2) is 0 Å². The average molecular weight is 219 g/mol. The first-order valence-electron chi connectivity index (χ1n) is 5.57. The molecule has 1 saturated heterocycles. The Balaban J connectivity index is 2.37. The minimum atomic E-state index is -0.248. The molecular formula is C12H17N3O. The van der Waals surface area contributed by atoms with Gasteiger partial charge < -0.3 is 10.5 Å². The molecular weight excluding hydrogens is 202 g/mol. The SMILES string of the molecule is CCc1ccccc1C1C(N)NNC1C=O. The van der Waals surface area contributed by atoms with Gasteiger partial charge in [0.05, 0.1) is 12.2 Å². The molecule has 0 bridgehead atoms. The maximum absolute atomic E-state index is 11.0. The third kappa shape index (κ3) is 1.87. The molecule has 0 saturated carbocycles. The third-order valence-electron chi connectivity index (χ3n) is 3.13. The van der Waals surface area contributed by atoms with E-state index in [0.717, 1.165) is 18.3 Å². The van der Waals surface area contributed by atoms with Crippen LogP contribution in [0, 0.1) is 0 Å². The Morgan fingerprint density at radius 3 is 2.81 bits per heavy atom. The van der Waals surface area contributed by atoms with E-state index in [9.17, 15) is 4.79 Å². The second-order valence-electron chi connectivity index (χ2n) is 4.05. The zero-order valence-corrected chi connectivity index (χ0v) is 9.31. The molecule has 3 unspecified atom stereocenters. The van der Waals surface area contributed by atoms with Crippen LogP contribution in [0.2, 0.25) is 0 Å². The molecule has 2 rings (SSSR count). The molecule has 0 aromatic heterocycles. The second kappa shape index (κ2) is 4.74. The van der Waals surface area contributed by atoms with Crippen molar-refractivity contribution < 1.29 is 4.79 Å². The zero-order valence-electron chi connectivity index (χ0n) is 9.31. The van der Waals surface area contributed by atoms with Crippen LogP contribution in [-0.2, 0) is 11.2 Å². The van der Waals surface area contributed by atoms with Crippen LogP contribution in [0.25, 0.3) is 0 Å². The Kier molecular flexibility index (Phi) is 3.33. The molecule has 0 spiro atoms. The molecule has 0 amide bonds. The van der Waals surface area contributed by atoms with Gasteiger partial charge in [0.1, 0.15) is 6.29 Å². The highest BCUT2D eigenvalue weighted by Crippen LogP contribution is 2.27. The van der Waals surface area contributed by atoms with E-state index in [1.54, 1.807) is 0 Å². The lowest BCUT2D eigenvalue weighted by molar-refractivity contribution is -0.109. The molecule has 1 fully saturated rings. The molecule has 0 radical (unpaired) electrons. The van der Waals surface area contributed by atoms with Gasteiger partial charge in [0.2, 0.25) is 0 Å². The fourth-order valence-electron chi connectivity index (χ4n) is 2.28. The minimum Gasteiger partial charge on any atom is -0.314 e. The van der Waals surface area contributed by atoms with Gasteiger partial charge in [-0.25, -0.2) is 10.9 Å². The summed E-state index contributed by atoms with van der Waals surface area (Å²) in [5.41, 5.74) is 14.2. The van der Waals surface area contributed by atoms with Crippen molar-refractivity contribution in [3.63, 3.8) is 0 Å². The predicted molar refractivity (Wildman–Crippen MR) is 62.7 cm³/mol. The number of nitrogens with two attached hydrogens (primary N) is 1. The smallest absolute Gasteiger partial charge is 0.138 e. The van der Waals surface area contributed by atoms with Crippen molar-refractivity contribution in [3.8, 4) is 0 Å². The van der Waals surface area contributed by atoms with Gasteiger partial charge >= 0.3 is 0 Å². The third-order valence-corrected chi connectivity index (χ3v) is 3.13. The van der Waals surface area contributed by atoms with Crippen molar-refractivity contribution in [3.05, 3.63) is 35.4 Å². The van der Waals surface area contributed by atoms with Crippen molar-refractivity contribution in [2.45, 2.75) is 31.5 Å². The van der Waals surface area contributed by atoms with E-state index in [4.69, 9.17) is 5.73 Å². The van der Waals surface area contributed by atoms with Gasteiger partial charge in [-0.15, -0.1) is 0 Å².